The lowest BCUT2D eigenvalue weighted by atomic mass is 10.1. The van der Waals surface area contributed by atoms with E-state index in [1.807, 2.05) is 60.7 Å². The summed E-state index contributed by atoms with van der Waals surface area (Å²) in [6.07, 6.45) is 6.26. The smallest absolute Gasteiger partial charge is 0.272 e. The topological polar surface area (TPSA) is 70.1 Å². The molecule has 24 heavy (non-hydrogen) atoms. The highest BCUT2D eigenvalue weighted by molar-refractivity contribution is 5.83. The molecule has 0 unspecified atom stereocenters. The van der Waals surface area contributed by atoms with Gasteiger partial charge in [0, 0.05) is 24.6 Å². The average Bonchev–Trinajstić information content (AvgIpc) is 2.64. The summed E-state index contributed by atoms with van der Waals surface area (Å²) in [6.45, 7) is 0.638. The molecule has 0 amide bonds. The van der Waals surface area contributed by atoms with E-state index in [-0.39, 0.29) is 5.56 Å². The molecule has 5 heteroatoms. The molecule has 0 aliphatic carbocycles. The van der Waals surface area contributed by atoms with E-state index in [2.05, 4.69) is 20.7 Å². The van der Waals surface area contributed by atoms with Gasteiger partial charge in [0.2, 0.25) is 0 Å². The van der Waals surface area contributed by atoms with Crippen molar-refractivity contribution in [2.45, 2.75) is 6.42 Å². The van der Waals surface area contributed by atoms with E-state index in [9.17, 15) is 4.79 Å². The standard InChI is InChI=1S/C19H18N4O/c24-19-17-11-5-4-10-16(17)18(22-23-19)12-14-21-20-13-6-9-15-7-2-1-3-8-15/h1-11,13,21H,12,14H2,(H,23,24)/b9-6+,20-13-. The Balaban J connectivity index is 1.54. The molecule has 0 aliphatic rings. The molecule has 120 valence electrons. The van der Waals surface area contributed by atoms with Gasteiger partial charge in [-0.3, -0.25) is 4.79 Å². The number of hydrazone groups is 1. The van der Waals surface area contributed by atoms with Gasteiger partial charge in [-0.05, 0) is 17.7 Å². The molecule has 2 aromatic carbocycles. The van der Waals surface area contributed by atoms with E-state index in [1.165, 1.54) is 0 Å². The van der Waals surface area contributed by atoms with Crippen LogP contribution >= 0.6 is 0 Å². The second-order valence-electron chi connectivity index (χ2n) is 5.25. The fourth-order valence-electron chi connectivity index (χ4n) is 2.41. The lowest BCUT2D eigenvalue weighted by Crippen LogP contribution is -2.15. The molecule has 2 N–H and O–H groups in total. The van der Waals surface area contributed by atoms with Crippen LogP contribution in [-0.4, -0.2) is 23.0 Å². The maximum atomic E-state index is 11.7. The Morgan fingerprint density at radius 1 is 1.04 bits per heavy atom. The second-order valence-corrected chi connectivity index (χ2v) is 5.25. The van der Waals surface area contributed by atoms with Gasteiger partial charge in [-0.2, -0.15) is 10.2 Å². The van der Waals surface area contributed by atoms with Gasteiger partial charge in [0.1, 0.15) is 0 Å². The van der Waals surface area contributed by atoms with Crippen LogP contribution in [-0.2, 0) is 6.42 Å². The van der Waals surface area contributed by atoms with E-state index >= 15 is 0 Å². The van der Waals surface area contributed by atoms with Crippen LogP contribution in [0.15, 0.2) is 70.6 Å². The van der Waals surface area contributed by atoms with Gasteiger partial charge in [0.25, 0.3) is 5.56 Å². The molecule has 1 aromatic heterocycles. The quantitative estimate of drug-likeness (QED) is 0.417. The van der Waals surface area contributed by atoms with Gasteiger partial charge in [-0.1, -0.05) is 54.6 Å². The van der Waals surface area contributed by atoms with Crippen molar-refractivity contribution in [1.29, 1.82) is 0 Å². The summed E-state index contributed by atoms with van der Waals surface area (Å²) >= 11 is 0. The minimum absolute atomic E-state index is 0.161. The lowest BCUT2D eigenvalue weighted by Gasteiger charge is -2.04. The molecule has 3 rings (SSSR count). The first kappa shape index (κ1) is 15.7. The first-order chi connectivity index (χ1) is 11.8. The molecular weight excluding hydrogens is 300 g/mol. The first-order valence-electron chi connectivity index (χ1n) is 7.78. The number of aromatic nitrogens is 2. The van der Waals surface area contributed by atoms with Gasteiger partial charge in [0.05, 0.1) is 11.1 Å². The van der Waals surface area contributed by atoms with Crippen molar-refractivity contribution in [2.75, 3.05) is 6.54 Å². The van der Waals surface area contributed by atoms with Gasteiger partial charge >= 0.3 is 0 Å². The highest BCUT2D eigenvalue weighted by Crippen LogP contribution is 2.12. The van der Waals surface area contributed by atoms with Crippen LogP contribution in [0.2, 0.25) is 0 Å². The number of fused-ring (bicyclic) bond motifs is 1. The number of rotatable bonds is 6. The average molecular weight is 318 g/mol. The van der Waals surface area contributed by atoms with Gasteiger partial charge in [-0.25, -0.2) is 5.10 Å². The molecule has 0 saturated carbocycles. The third kappa shape index (κ3) is 3.95. The summed E-state index contributed by atoms with van der Waals surface area (Å²) in [5.41, 5.74) is 4.81. The fourth-order valence-corrected chi connectivity index (χ4v) is 2.41. The summed E-state index contributed by atoms with van der Waals surface area (Å²) in [5, 5.41) is 12.4. The monoisotopic (exact) mass is 318 g/mol. The number of aromatic amines is 1. The summed E-state index contributed by atoms with van der Waals surface area (Å²) in [5.74, 6) is 0. The van der Waals surface area contributed by atoms with Crippen molar-refractivity contribution in [3.63, 3.8) is 0 Å². The van der Waals surface area contributed by atoms with E-state index < -0.39 is 0 Å². The summed E-state index contributed by atoms with van der Waals surface area (Å²) in [4.78, 5) is 11.7. The van der Waals surface area contributed by atoms with E-state index in [1.54, 1.807) is 12.3 Å². The third-order valence-electron chi connectivity index (χ3n) is 3.59. The van der Waals surface area contributed by atoms with Crippen LogP contribution < -0.4 is 11.0 Å². The summed E-state index contributed by atoms with van der Waals surface area (Å²) < 4.78 is 0. The third-order valence-corrected chi connectivity index (χ3v) is 3.59. The Bertz CT molecular complexity index is 913. The molecule has 0 spiro atoms. The molecule has 1 heterocycles. The Hall–Kier alpha value is -3.21. The molecule has 0 radical (unpaired) electrons. The highest BCUT2D eigenvalue weighted by Gasteiger charge is 2.04. The Kier molecular flexibility index (Phi) is 5.14. The van der Waals surface area contributed by atoms with Gasteiger partial charge in [-0.15, -0.1) is 0 Å². The molecule has 0 fully saturated rings. The van der Waals surface area contributed by atoms with Crippen LogP contribution in [0, 0.1) is 0 Å². The first-order valence-corrected chi connectivity index (χ1v) is 7.78. The molecule has 3 aromatic rings. The van der Waals surface area contributed by atoms with Gasteiger partial charge in [0.15, 0.2) is 0 Å². The number of allylic oxidation sites excluding steroid dienone is 1. The number of nitrogens with one attached hydrogen (secondary N) is 2. The highest BCUT2D eigenvalue weighted by atomic mass is 16.1. The summed E-state index contributed by atoms with van der Waals surface area (Å²) in [7, 11) is 0. The van der Waals surface area contributed by atoms with Crippen molar-refractivity contribution >= 4 is 23.1 Å². The number of hydrogen-bond acceptors (Lipinski definition) is 4. The van der Waals surface area contributed by atoms with Crippen molar-refractivity contribution in [3.8, 4) is 0 Å². The van der Waals surface area contributed by atoms with Crippen LogP contribution in [0.5, 0.6) is 0 Å². The Labute approximate surface area is 139 Å². The zero-order chi connectivity index (χ0) is 16.6. The molecule has 0 bridgehead atoms. The number of benzene rings is 2. The van der Waals surface area contributed by atoms with Gasteiger partial charge < -0.3 is 5.43 Å². The van der Waals surface area contributed by atoms with E-state index in [4.69, 9.17) is 0 Å². The Morgan fingerprint density at radius 2 is 1.79 bits per heavy atom. The molecule has 0 atom stereocenters. The SMILES string of the molecule is O=c1[nH]nc(CCN/N=C\C=C\c2ccccc2)c2ccccc12. The van der Waals surface area contributed by atoms with Crippen molar-refractivity contribution in [3.05, 3.63) is 82.3 Å². The van der Waals surface area contributed by atoms with Crippen LogP contribution in [0.3, 0.4) is 0 Å². The van der Waals surface area contributed by atoms with E-state index in [0.29, 0.717) is 18.4 Å². The maximum absolute atomic E-state index is 11.7. The molecule has 0 saturated heterocycles. The van der Waals surface area contributed by atoms with Crippen LogP contribution in [0.1, 0.15) is 11.3 Å². The summed E-state index contributed by atoms with van der Waals surface area (Å²) in [6, 6.07) is 17.5. The number of H-pyrrole nitrogens is 1. The minimum Gasteiger partial charge on any atom is -0.310 e. The lowest BCUT2D eigenvalue weighted by molar-refractivity contribution is 0.719. The zero-order valence-electron chi connectivity index (χ0n) is 13.1. The van der Waals surface area contributed by atoms with E-state index in [0.717, 1.165) is 16.6 Å². The van der Waals surface area contributed by atoms with Crippen molar-refractivity contribution in [1.82, 2.24) is 15.6 Å². The number of hydrogen-bond donors (Lipinski definition) is 2. The number of nitrogens with zero attached hydrogens (tertiary/aromatic N) is 2. The molecule has 0 aliphatic heterocycles. The minimum atomic E-state index is -0.161. The zero-order valence-corrected chi connectivity index (χ0v) is 13.1. The normalized spacial score (nSPS) is 11.5. The Morgan fingerprint density at radius 3 is 2.62 bits per heavy atom. The van der Waals surface area contributed by atoms with Crippen LogP contribution in [0.25, 0.3) is 16.8 Å². The largest absolute Gasteiger partial charge is 0.310 e. The van der Waals surface area contributed by atoms with Crippen molar-refractivity contribution in [2.24, 2.45) is 5.10 Å². The maximum Gasteiger partial charge on any atom is 0.272 e. The molecular formula is C19H18N4O. The predicted molar refractivity (Wildman–Crippen MR) is 98.0 cm³/mol. The molecule has 5 nitrogen and oxygen atoms in total. The van der Waals surface area contributed by atoms with Crippen LogP contribution in [0.4, 0.5) is 0 Å². The second kappa shape index (κ2) is 7.87. The fraction of sp³-hybridized carbons (Fsp3) is 0.105. The predicted octanol–water partition coefficient (Wildman–Crippen LogP) is 2.75. The van der Waals surface area contributed by atoms with Crippen molar-refractivity contribution < 1.29 is 0 Å².